The summed E-state index contributed by atoms with van der Waals surface area (Å²) in [6.07, 6.45) is 1.66. The van der Waals surface area contributed by atoms with Crippen molar-refractivity contribution in [2.45, 2.75) is 24.8 Å². The normalized spacial score (nSPS) is 11.0. The van der Waals surface area contributed by atoms with E-state index in [1.54, 1.807) is 18.0 Å². The molecule has 0 fully saturated rings. The highest BCUT2D eigenvalue weighted by Crippen LogP contribution is 2.30. The fourth-order valence-electron chi connectivity index (χ4n) is 2.77. The van der Waals surface area contributed by atoms with E-state index < -0.39 is 0 Å². The summed E-state index contributed by atoms with van der Waals surface area (Å²) >= 11 is 1.68. The molecule has 4 aromatic rings. The number of aryl methyl sites for hydroxylation is 2. The second kappa shape index (κ2) is 7.22. The van der Waals surface area contributed by atoms with E-state index in [1.165, 1.54) is 16.7 Å². The molecule has 0 saturated carbocycles. The highest BCUT2D eigenvalue weighted by atomic mass is 32.2. The average Bonchev–Trinajstić information content (AvgIpc) is 3.31. The Hall–Kier alpha value is -2.79. The summed E-state index contributed by atoms with van der Waals surface area (Å²) in [4.78, 5) is 0. The molecular weight excluding hydrogens is 342 g/mol. The first-order valence-electron chi connectivity index (χ1n) is 8.46. The lowest BCUT2D eigenvalue weighted by molar-refractivity contribution is 0.575. The molecule has 2 aromatic heterocycles. The molecule has 0 atom stereocenters. The van der Waals surface area contributed by atoms with E-state index in [1.807, 2.05) is 12.1 Å². The van der Waals surface area contributed by atoms with Crippen LogP contribution >= 0.6 is 11.8 Å². The lowest BCUT2D eigenvalue weighted by atomic mass is 10.1. The number of furan rings is 1. The SMILES string of the molecule is Cc1ccc(-n2c(SCc3ccccc3C)nnc2-c2ccco2)cc1. The predicted octanol–water partition coefficient (Wildman–Crippen LogP) is 5.44. The van der Waals surface area contributed by atoms with Crippen LogP contribution in [0.15, 0.2) is 76.5 Å². The molecule has 0 N–H and O–H groups in total. The molecule has 2 aromatic carbocycles. The van der Waals surface area contributed by atoms with Crippen molar-refractivity contribution in [2.75, 3.05) is 0 Å². The van der Waals surface area contributed by atoms with Gasteiger partial charge >= 0.3 is 0 Å². The Balaban J connectivity index is 1.72. The zero-order chi connectivity index (χ0) is 17.9. The summed E-state index contributed by atoms with van der Waals surface area (Å²) in [6, 6.07) is 20.6. The molecule has 0 aliphatic heterocycles. The zero-order valence-corrected chi connectivity index (χ0v) is 15.5. The second-order valence-corrected chi connectivity index (χ2v) is 7.11. The molecule has 130 valence electrons. The fourth-order valence-corrected chi connectivity index (χ4v) is 3.80. The van der Waals surface area contributed by atoms with Crippen molar-refractivity contribution in [1.82, 2.24) is 14.8 Å². The van der Waals surface area contributed by atoms with E-state index in [9.17, 15) is 0 Å². The third-order valence-corrected chi connectivity index (χ3v) is 5.26. The lowest BCUT2D eigenvalue weighted by Crippen LogP contribution is -1.99. The standard InChI is InChI=1S/C21H19N3OS/c1-15-9-11-18(12-10-15)24-20(19-8-5-13-25-19)22-23-21(24)26-14-17-7-4-3-6-16(17)2/h3-13H,14H2,1-2H3. The van der Waals surface area contributed by atoms with Crippen molar-refractivity contribution in [3.63, 3.8) is 0 Å². The average molecular weight is 361 g/mol. The van der Waals surface area contributed by atoms with Gasteiger partial charge < -0.3 is 4.42 Å². The zero-order valence-electron chi connectivity index (χ0n) is 14.7. The van der Waals surface area contributed by atoms with Gasteiger partial charge in [0.25, 0.3) is 0 Å². The largest absolute Gasteiger partial charge is 0.461 e. The molecule has 26 heavy (non-hydrogen) atoms. The minimum atomic E-state index is 0.709. The molecule has 5 heteroatoms. The molecule has 0 radical (unpaired) electrons. The molecule has 4 nitrogen and oxygen atoms in total. The third-order valence-electron chi connectivity index (χ3n) is 4.29. The van der Waals surface area contributed by atoms with E-state index in [4.69, 9.17) is 4.42 Å². The van der Waals surface area contributed by atoms with E-state index in [0.717, 1.165) is 16.6 Å². The van der Waals surface area contributed by atoms with Gasteiger partial charge in [0.1, 0.15) is 0 Å². The topological polar surface area (TPSA) is 43.9 Å². The van der Waals surface area contributed by atoms with Gasteiger partial charge in [0.2, 0.25) is 5.82 Å². The monoisotopic (exact) mass is 361 g/mol. The Morgan fingerprint density at radius 1 is 0.923 bits per heavy atom. The molecule has 4 rings (SSSR count). The van der Waals surface area contributed by atoms with Crippen LogP contribution in [0.5, 0.6) is 0 Å². The van der Waals surface area contributed by atoms with Gasteiger partial charge in [-0.2, -0.15) is 0 Å². The van der Waals surface area contributed by atoms with E-state index >= 15 is 0 Å². The van der Waals surface area contributed by atoms with E-state index in [-0.39, 0.29) is 0 Å². The number of hydrogen-bond donors (Lipinski definition) is 0. The van der Waals surface area contributed by atoms with Crippen molar-refractivity contribution < 1.29 is 4.42 Å². The van der Waals surface area contributed by atoms with Crippen LogP contribution in [0.1, 0.15) is 16.7 Å². The minimum absolute atomic E-state index is 0.709. The molecule has 2 heterocycles. The first-order chi connectivity index (χ1) is 12.7. The van der Waals surface area contributed by atoms with Crippen molar-refractivity contribution in [3.05, 3.63) is 83.6 Å². The molecule has 0 spiro atoms. The van der Waals surface area contributed by atoms with Gasteiger partial charge in [-0.05, 0) is 49.2 Å². The molecule has 0 bridgehead atoms. The molecular formula is C21H19N3OS. The van der Waals surface area contributed by atoms with E-state index in [2.05, 4.69) is 77.1 Å². The third kappa shape index (κ3) is 3.30. The number of nitrogens with zero attached hydrogens (tertiary/aromatic N) is 3. The summed E-state index contributed by atoms with van der Waals surface area (Å²) in [5.74, 6) is 2.27. The Kier molecular flexibility index (Phi) is 4.63. The van der Waals surface area contributed by atoms with Gasteiger partial charge in [-0.3, -0.25) is 4.57 Å². The first kappa shape index (κ1) is 16.7. The van der Waals surface area contributed by atoms with Crippen LogP contribution < -0.4 is 0 Å². The molecule has 0 aliphatic rings. The van der Waals surface area contributed by atoms with Crippen molar-refractivity contribution in [1.29, 1.82) is 0 Å². The Labute approximate surface area is 156 Å². The maximum Gasteiger partial charge on any atom is 0.205 e. The fraction of sp³-hybridized carbons (Fsp3) is 0.143. The summed E-state index contributed by atoms with van der Waals surface area (Å²) in [7, 11) is 0. The van der Waals surface area contributed by atoms with Crippen LogP contribution in [0.3, 0.4) is 0 Å². The number of rotatable bonds is 5. The number of hydrogen-bond acceptors (Lipinski definition) is 4. The Morgan fingerprint density at radius 3 is 2.46 bits per heavy atom. The summed E-state index contributed by atoms with van der Waals surface area (Å²) < 4.78 is 7.62. The number of thioether (sulfide) groups is 1. The summed E-state index contributed by atoms with van der Waals surface area (Å²) in [6.45, 7) is 4.21. The highest BCUT2D eigenvalue weighted by molar-refractivity contribution is 7.98. The maximum absolute atomic E-state index is 5.57. The molecule has 0 aliphatic carbocycles. The number of benzene rings is 2. The first-order valence-corrected chi connectivity index (χ1v) is 9.44. The van der Waals surface area contributed by atoms with E-state index in [0.29, 0.717) is 11.6 Å². The van der Waals surface area contributed by atoms with Crippen LogP contribution in [0, 0.1) is 13.8 Å². The van der Waals surface area contributed by atoms with Crippen molar-refractivity contribution in [2.24, 2.45) is 0 Å². The lowest BCUT2D eigenvalue weighted by Gasteiger charge is -2.10. The van der Waals surface area contributed by atoms with Gasteiger partial charge in [0.05, 0.1) is 6.26 Å². The predicted molar refractivity (Wildman–Crippen MR) is 105 cm³/mol. The van der Waals surface area contributed by atoms with Crippen LogP contribution in [0.2, 0.25) is 0 Å². The summed E-state index contributed by atoms with van der Waals surface area (Å²) in [5, 5.41) is 9.67. The maximum atomic E-state index is 5.57. The second-order valence-electron chi connectivity index (χ2n) is 6.17. The van der Waals surface area contributed by atoms with Gasteiger partial charge in [0.15, 0.2) is 10.9 Å². The Bertz CT molecular complexity index is 1000. The summed E-state index contributed by atoms with van der Waals surface area (Å²) in [5.41, 5.74) is 4.83. The van der Waals surface area contributed by atoms with Crippen molar-refractivity contribution in [3.8, 4) is 17.3 Å². The van der Waals surface area contributed by atoms with Crippen molar-refractivity contribution >= 4 is 11.8 Å². The van der Waals surface area contributed by atoms with Gasteiger partial charge in [0, 0.05) is 11.4 Å². The van der Waals surface area contributed by atoms with Gasteiger partial charge in [-0.1, -0.05) is 53.7 Å². The van der Waals surface area contributed by atoms with Crippen LogP contribution in [-0.4, -0.2) is 14.8 Å². The minimum Gasteiger partial charge on any atom is -0.461 e. The number of aromatic nitrogens is 3. The Morgan fingerprint density at radius 2 is 1.73 bits per heavy atom. The van der Waals surface area contributed by atoms with Gasteiger partial charge in [-0.25, -0.2) is 0 Å². The quantitative estimate of drug-likeness (QED) is 0.444. The molecule has 0 unspecified atom stereocenters. The van der Waals surface area contributed by atoms with Crippen LogP contribution in [0.4, 0.5) is 0 Å². The van der Waals surface area contributed by atoms with Crippen LogP contribution in [-0.2, 0) is 5.75 Å². The highest BCUT2D eigenvalue weighted by Gasteiger charge is 2.18. The molecule has 0 amide bonds. The smallest absolute Gasteiger partial charge is 0.205 e. The van der Waals surface area contributed by atoms with Crippen LogP contribution in [0.25, 0.3) is 17.3 Å². The molecule has 0 saturated heterocycles. The van der Waals surface area contributed by atoms with Gasteiger partial charge in [-0.15, -0.1) is 10.2 Å².